The molecule has 3 aromatic rings. The molecule has 0 amide bonds. The number of fused-ring (bicyclic) bond motifs is 3. The molecular weight excluding hydrogens is 168 g/mol. The second-order valence-electron chi connectivity index (χ2n) is 2.58. The summed E-state index contributed by atoms with van der Waals surface area (Å²) in [7, 11) is 0. The molecule has 0 bridgehead atoms. The van der Waals surface area contributed by atoms with E-state index >= 15 is 0 Å². The van der Waals surface area contributed by atoms with Crippen molar-refractivity contribution in [3.63, 3.8) is 0 Å². The zero-order valence-corrected chi connectivity index (χ0v) is 6.49. The molecular formula is C7H4N6. The van der Waals surface area contributed by atoms with Gasteiger partial charge in [-0.05, 0) is 16.5 Å². The van der Waals surface area contributed by atoms with Gasteiger partial charge in [0.05, 0.1) is 17.1 Å². The Hall–Kier alpha value is -2.11. The second kappa shape index (κ2) is 2.19. The maximum Gasteiger partial charge on any atom is 0.190 e. The first-order valence-corrected chi connectivity index (χ1v) is 3.71. The first-order chi connectivity index (χ1) is 6.45. The molecule has 0 N–H and O–H groups in total. The molecule has 0 spiro atoms. The van der Waals surface area contributed by atoms with Crippen molar-refractivity contribution in [2.24, 2.45) is 0 Å². The molecule has 0 aliphatic heterocycles. The zero-order chi connectivity index (χ0) is 8.67. The molecule has 6 nitrogen and oxygen atoms in total. The highest BCUT2D eigenvalue weighted by molar-refractivity contribution is 5.89. The number of tetrazole rings is 1. The molecule has 0 aromatic carbocycles. The van der Waals surface area contributed by atoms with Crippen LogP contribution in [0, 0.1) is 0 Å². The van der Waals surface area contributed by atoms with Crippen LogP contribution in [0.5, 0.6) is 0 Å². The molecule has 0 aliphatic rings. The minimum absolute atomic E-state index is 0.701. The highest BCUT2D eigenvalue weighted by Crippen LogP contribution is 2.12. The van der Waals surface area contributed by atoms with Crippen molar-refractivity contribution < 1.29 is 0 Å². The molecule has 0 aliphatic carbocycles. The largest absolute Gasteiger partial charge is 0.262 e. The van der Waals surface area contributed by atoms with Crippen molar-refractivity contribution in [3.8, 4) is 0 Å². The Morgan fingerprint density at radius 3 is 3.31 bits per heavy atom. The highest BCUT2D eigenvalue weighted by Gasteiger charge is 2.02. The van der Waals surface area contributed by atoms with E-state index in [2.05, 4.69) is 25.5 Å². The first-order valence-electron chi connectivity index (χ1n) is 3.71. The minimum Gasteiger partial charge on any atom is -0.262 e. The third-order valence-electron chi connectivity index (χ3n) is 1.84. The Morgan fingerprint density at radius 2 is 2.31 bits per heavy atom. The van der Waals surface area contributed by atoms with Crippen molar-refractivity contribution in [3.05, 3.63) is 24.8 Å². The van der Waals surface area contributed by atoms with Gasteiger partial charge in [0.1, 0.15) is 6.33 Å². The van der Waals surface area contributed by atoms with Crippen molar-refractivity contribution >= 4 is 16.6 Å². The normalized spacial score (nSPS) is 11.1. The fraction of sp³-hybridized carbons (Fsp3) is 0. The van der Waals surface area contributed by atoms with E-state index in [1.807, 2.05) is 6.07 Å². The predicted molar refractivity (Wildman–Crippen MR) is 43.9 cm³/mol. The van der Waals surface area contributed by atoms with Crippen LogP contribution < -0.4 is 0 Å². The fourth-order valence-electron chi connectivity index (χ4n) is 1.24. The van der Waals surface area contributed by atoms with Crippen LogP contribution in [0.4, 0.5) is 0 Å². The van der Waals surface area contributed by atoms with E-state index in [1.54, 1.807) is 18.7 Å². The molecule has 3 aromatic heterocycles. The predicted octanol–water partition coefficient (Wildman–Crippen LogP) is 0.0675. The molecule has 0 unspecified atom stereocenters. The van der Waals surface area contributed by atoms with E-state index < -0.39 is 0 Å². The van der Waals surface area contributed by atoms with Gasteiger partial charge in [0.25, 0.3) is 0 Å². The lowest BCUT2D eigenvalue weighted by Gasteiger charge is -1.94. The summed E-state index contributed by atoms with van der Waals surface area (Å²) >= 11 is 0. The van der Waals surface area contributed by atoms with Gasteiger partial charge in [-0.15, -0.1) is 5.10 Å². The van der Waals surface area contributed by atoms with Gasteiger partial charge >= 0.3 is 0 Å². The van der Waals surface area contributed by atoms with Crippen molar-refractivity contribution in [2.75, 3.05) is 0 Å². The lowest BCUT2D eigenvalue weighted by atomic mass is 10.3. The molecule has 0 saturated heterocycles. The van der Waals surface area contributed by atoms with E-state index in [-0.39, 0.29) is 0 Å². The maximum absolute atomic E-state index is 4.14. The van der Waals surface area contributed by atoms with Crippen LogP contribution in [-0.2, 0) is 0 Å². The highest BCUT2D eigenvalue weighted by atomic mass is 15.5. The van der Waals surface area contributed by atoms with Gasteiger partial charge in [0, 0.05) is 6.20 Å². The van der Waals surface area contributed by atoms with Gasteiger partial charge in [-0.2, -0.15) is 4.52 Å². The summed E-state index contributed by atoms with van der Waals surface area (Å²) in [6, 6.07) is 1.84. The standard InChI is InChI=1S/C7H4N6/c1-2-8-3-6-5(1)7-10-11-12-13(7)4-9-6/h1-4H. The van der Waals surface area contributed by atoms with Gasteiger partial charge in [0.15, 0.2) is 5.65 Å². The number of aromatic nitrogens is 6. The Balaban J connectivity index is 2.65. The quantitative estimate of drug-likeness (QED) is 0.480. The van der Waals surface area contributed by atoms with Crippen LogP contribution in [0.3, 0.4) is 0 Å². The van der Waals surface area contributed by atoms with Gasteiger partial charge < -0.3 is 0 Å². The molecule has 3 rings (SSSR count). The summed E-state index contributed by atoms with van der Waals surface area (Å²) < 4.78 is 1.53. The number of nitrogens with zero attached hydrogens (tertiary/aromatic N) is 6. The number of rotatable bonds is 0. The van der Waals surface area contributed by atoms with Crippen molar-refractivity contribution in [2.45, 2.75) is 0 Å². The third kappa shape index (κ3) is 0.792. The molecule has 0 saturated carbocycles. The summed E-state index contributed by atoms with van der Waals surface area (Å²) in [5, 5.41) is 12.1. The van der Waals surface area contributed by atoms with Gasteiger partial charge in [-0.1, -0.05) is 0 Å². The van der Waals surface area contributed by atoms with E-state index in [4.69, 9.17) is 0 Å². The summed E-state index contributed by atoms with van der Waals surface area (Å²) in [5.41, 5.74) is 1.50. The van der Waals surface area contributed by atoms with E-state index in [0.717, 1.165) is 10.9 Å². The van der Waals surface area contributed by atoms with Crippen LogP contribution in [-0.4, -0.2) is 30.0 Å². The Bertz CT molecular complexity index is 571. The molecule has 0 atom stereocenters. The average Bonchev–Trinajstić information content (AvgIpc) is 2.65. The van der Waals surface area contributed by atoms with Crippen LogP contribution in [0.15, 0.2) is 24.8 Å². The van der Waals surface area contributed by atoms with Gasteiger partial charge in [0.2, 0.25) is 0 Å². The van der Waals surface area contributed by atoms with Gasteiger partial charge in [-0.3, -0.25) is 4.98 Å². The number of hydrogen-bond acceptors (Lipinski definition) is 5. The third-order valence-corrected chi connectivity index (χ3v) is 1.84. The topological polar surface area (TPSA) is 68.9 Å². The molecule has 62 valence electrons. The molecule has 3 heterocycles. The SMILES string of the molecule is c1cc2c(cn1)ncn1nnnc21. The summed E-state index contributed by atoms with van der Waals surface area (Å²) in [4.78, 5) is 8.10. The number of hydrogen-bond donors (Lipinski definition) is 0. The van der Waals surface area contributed by atoms with E-state index in [0.29, 0.717) is 5.65 Å². The Labute approximate surface area is 72.2 Å². The number of pyridine rings is 1. The Morgan fingerprint density at radius 1 is 1.31 bits per heavy atom. The minimum atomic E-state index is 0.701. The molecule has 13 heavy (non-hydrogen) atoms. The summed E-state index contributed by atoms with van der Waals surface area (Å²) in [6.07, 6.45) is 4.95. The lowest BCUT2D eigenvalue weighted by molar-refractivity contribution is 0.812. The van der Waals surface area contributed by atoms with E-state index in [9.17, 15) is 0 Å². The Kier molecular flexibility index (Phi) is 1.08. The second-order valence-corrected chi connectivity index (χ2v) is 2.58. The van der Waals surface area contributed by atoms with Crippen molar-refractivity contribution in [1.82, 2.24) is 30.0 Å². The monoisotopic (exact) mass is 172 g/mol. The van der Waals surface area contributed by atoms with Crippen LogP contribution >= 0.6 is 0 Å². The summed E-state index contributed by atoms with van der Waals surface area (Å²) in [6.45, 7) is 0. The maximum atomic E-state index is 4.14. The van der Waals surface area contributed by atoms with Crippen LogP contribution in [0.25, 0.3) is 16.6 Å². The molecule has 0 radical (unpaired) electrons. The lowest BCUT2D eigenvalue weighted by Crippen LogP contribution is -1.91. The first kappa shape index (κ1) is 6.41. The van der Waals surface area contributed by atoms with Crippen LogP contribution in [0.2, 0.25) is 0 Å². The van der Waals surface area contributed by atoms with Crippen molar-refractivity contribution in [1.29, 1.82) is 0 Å². The fourth-order valence-corrected chi connectivity index (χ4v) is 1.24. The average molecular weight is 172 g/mol. The van der Waals surface area contributed by atoms with Crippen LogP contribution in [0.1, 0.15) is 0 Å². The smallest absolute Gasteiger partial charge is 0.190 e. The molecule has 0 fully saturated rings. The molecule has 6 heteroatoms. The zero-order valence-electron chi connectivity index (χ0n) is 6.49. The van der Waals surface area contributed by atoms with E-state index in [1.165, 1.54) is 4.52 Å². The van der Waals surface area contributed by atoms with Gasteiger partial charge in [-0.25, -0.2) is 4.98 Å². The summed E-state index contributed by atoms with van der Waals surface area (Å²) in [5.74, 6) is 0.